The van der Waals surface area contributed by atoms with Crippen molar-refractivity contribution in [3.05, 3.63) is 58.5 Å². The highest BCUT2D eigenvalue weighted by Crippen LogP contribution is 2.24. The Morgan fingerprint density at radius 3 is 2.74 bits per heavy atom. The predicted octanol–water partition coefficient (Wildman–Crippen LogP) is 5.01. The van der Waals surface area contributed by atoms with Crippen LogP contribution in [-0.2, 0) is 0 Å². The van der Waals surface area contributed by atoms with Gasteiger partial charge in [-0.1, -0.05) is 31.2 Å². The van der Waals surface area contributed by atoms with Crippen molar-refractivity contribution in [1.82, 2.24) is 10.6 Å². The fourth-order valence-corrected chi connectivity index (χ4v) is 3.41. The predicted molar refractivity (Wildman–Crippen MR) is 93.6 cm³/mol. The van der Waals surface area contributed by atoms with Crippen molar-refractivity contribution >= 4 is 28.3 Å². The van der Waals surface area contributed by atoms with Crippen LogP contribution in [0.3, 0.4) is 0 Å². The maximum absolute atomic E-state index is 12.2. The molecule has 1 aromatic carbocycles. The van der Waals surface area contributed by atoms with Gasteiger partial charge in [0, 0.05) is 10.3 Å². The number of fused-ring (bicyclic) bond motifs is 1. The van der Waals surface area contributed by atoms with Gasteiger partial charge in [-0.05, 0) is 36.9 Å². The van der Waals surface area contributed by atoms with E-state index < -0.39 is 0 Å². The normalized spacial score (nSPS) is 13.7. The lowest BCUT2D eigenvalue weighted by atomic mass is 10.2. The van der Waals surface area contributed by atoms with Crippen LogP contribution in [-0.4, -0.2) is 6.03 Å². The monoisotopic (exact) mass is 328 g/mol. The third-order valence-corrected chi connectivity index (χ3v) is 4.81. The average Bonchev–Trinajstić information content (AvgIpc) is 3.21. The molecule has 0 saturated heterocycles. The number of thiophene rings is 1. The van der Waals surface area contributed by atoms with Gasteiger partial charge in [0.15, 0.2) is 0 Å². The van der Waals surface area contributed by atoms with E-state index in [-0.39, 0.29) is 18.1 Å². The van der Waals surface area contributed by atoms with Gasteiger partial charge >= 0.3 is 6.03 Å². The van der Waals surface area contributed by atoms with Gasteiger partial charge in [-0.3, -0.25) is 0 Å². The van der Waals surface area contributed by atoms with Gasteiger partial charge in [-0.15, -0.1) is 11.3 Å². The standard InChI is InChI=1S/C18H20N2O2S/c1-3-14(17-9-6-10-23-17)20-18(21)19-12(2)16-11-13-7-4-5-8-15(13)22-16/h4-12,14H,3H2,1-2H3,(H2,19,20,21). The number of carbonyl (C=O) groups excluding carboxylic acids is 1. The SMILES string of the molecule is CCC(NC(=O)NC(C)c1cc2ccccc2o1)c1cccs1. The molecule has 4 nitrogen and oxygen atoms in total. The van der Waals surface area contributed by atoms with E-state index in [9.17, 15) is 4.79 Å². The van der Waals surface area contributed by atoms with Crippen molar-refractivity contribution in [2.24, 2.45) is 0 Å². The second-order valence-electron chi connectivity index (χ2n) is 5.50. The molecule has 2 N–H and O–H groups in total. The fourth-order valence-electron chi connectivity index (χ4n) is 2.55. The molecule has 2 atom stereocenters. The maximum Gasteiger partial charge on any atom is 0.315 e. The van der Waals surface area contributed by atoms with Gasteiger partial charge in [0.2, 0.25) is 0 Å². The molecule has 3 aromatic rings. The zero-order valence-corrected chi connectivity index (χ0v) is 14.0. The van der Waals surface area contributed by atoms with E-state index in [2.05, 4.69) is 17.6 Å². The molecule has 0 spiro atoms. The number of rotatable bonds is 5. The highest BCUT2D eigenvalue weighted by atomic mass is 32.1. The Hall–Kier alpha value is -2.27. The summed E-state index contributed by atoms with van der Waals surface area (Å²) in [6.07, 6.45) is 0.854. The van der Waals surface area contributed by atoms with Gasteiger partial charge in [0.05, 0.1) is 12.1 Å². The smallest absolute Gasteiger partial charge is 0.315 e. The number of para-hydroxylation sites is 1. The van der Waals surface area contributed by atoms with Gasteiger partial charge in [0.1, 0.15) is 11.3 Å². The maximum atomic E-state index is 12.2. The Balaban J connectivity index is 1.64. The molecular weight excluding hydrogens is 308 g/mol. The van der Waals surface area contributed by atoms with Crippen molar-refractivity contribution in [3.8, 4) is 0 Å². The second kappa shape index (κ2) is 6.87. The third kappa shape index (κ3) is 3.56. The van der Waals surface area contributed by atoms with E-state index in [1.807, 2.05) is 54.8 Å². The van der Waals surface area contributed by atoms with Gasteiger partial charge < -0.3 is 15.1 Å². The molecule has 0 bridgehead atoms. The van der Waals surface area contributed by atoms with Crippen LogP contribution in [0.1, 0.15) is 43.0 Å². The first-order valence-electron chi connectivity index (χ1n) is 7.76. The van der Waals surface area contributed by atoms with Crippen molar-refractivity contribution in [1.29, 1.82) is 0 Å². The number of hydrogen-bond donors (Lipinski definition) is 2. The summed E-state index contributed by atoms with van der Waals surface area (Å²) in [5.41, 5.74) is 0.835. The van der Waals surface area contributed by atoms with E-state index in [4.69, 9.17) is 4.42 Å². The minimum atomic E-state index is -0.191. The Kier molecular flexibility index (Phi) is 4.67. The highest BCUT2D eigenvalue weighted by Gasteiger charge is 2.17. The van der Waals surface area contributed by atoms with E-state index in [1.165, 1.54) is 4.88 Å². The molecular formula is C18H20N2O2S. The third-order valence-electron chi connectivity index (χ3n) is 3.82. The average molecular weight is 328 g/mol. The Labute approximate surface area is 139 Å². The summed E-state index contributed by atoms with van der Waals surface area (Å²) in [7, 11) is 0. The molecule has 0 aliphatic rings. The number of nitrogens with one attached hydrogen (secondary N) is 2. The van der Waals surface area contributed by atoms with Crippen molar-refractivity contribution in [3.63, 3.8) is 0 Å². The van der Waals surface area contributed by atoms with E-state index in [0.717, 1.165) is 23.2 Å². The molecule has 0 aliphatic heterocycles. The topological polar surface area (TPSA) is 54.3 Å². The molecule has 0 radical (unpaired) electrons. The fraction of sp³-hybridized carbons (Fsp3) is 0.278. The Bertz CT molecular complexity index is 746. The quantitative estimate of drug-likeness (QED) is 0.692. The lowest BCUT2D eigenvalue weighted by Crippen LogP contribution is -2.38. The van der Waals surface area contributed by atoms with Gasteiger partial charge in [-0.25, -0.2) is 4.79 Å². The van der Waals surface area contributed by atoms with Crippen molar-refractivity contribution in [2.75, 3.05) is 0 Å². The van der Waals surface area contributed by atoms with Gasteiger partial charge in [-0.2, -0.15) is 0 Å². The van der Waals surface area contributed by atoms with Crippen LogP contribution < -0.4 is 10.6 Å². The zero-order chi connectivity index (χ0) is 16.2. The Morgan fingerprint density at radius 1 is 1.22 bits per heavy atom. The molecule has 0 aliphatic carbocycles. The van der Waals surface area contributed by atoms with Crippen LogP contribution in [0.5, 0.6) is 0 Å². The van der Waals surface area contributed by atoms with Crippen LogP contribution in [0.4, 0.5) is 4.79 Å². The lowest BCUT2D eigenvalue weighted by molar-refractivity contribution is 0.232. The molecule has 5 heteroatoms. The van der Waals surface area contributed by atoms with Crippen LogP contribution >= 0.6 is 11.3 Å². The molecule has 0 saturated carbocycles. The van der Waals surface area contributed by atoms with Crippen molar-refractivity contribution in [2.45, 2.75) is 32.4 Å². The number of carbonyl (C=O) groups is 1. The summed E-state index contributed by atoms with van der Waals surface area (Å²) < 4.78 is 5.79. The first-order valence-corrected chi connectivity index (χ1v) is 8.64. The summed E-state index contributed by atoms with van der Waals surface area (Å²) in [5, 5.41) is 9.03. The van der Waals surface area contributed by atoms with E-state index >= 15 is 0 Å². The highest BCUT2D eigenvalue weighted by molar-refractivity contribution is 7.10. The van der Waals surface area contributed by atoms with E-state index in [0.29, 0.717) is 0 Å². The first-order chi connectivity index (χ1) is 11.2. The first kappa shape index (κ1) is 15.6. The minimum Gasteiger partial charge on any atom is -0.459 e. The zero-order valence-electron chi connectivity index (χ0n) is 13.2. The van der Waals surface area contributed by atoms with Crippen LogP contribution in [0.2, 0.25) is 0 Å². The van der Waals surface area contributed by atoms with Crippen LogP contribution in [0.25, 0.3) is 11.0 Å². The number of benzene rings is 1. The van der Waals surface area contributed by atoms with Crippen molar-refractivity contribution < 1.29 is 9.21 Å². The summed E-state index contributed by atoms with van der Waals surface area (Å²) >= 11 is 1.65. The lowest BCUT2D eigenvalue weighted by Gasteiger charge is -2.18. The molecule has 120 valence electrons. The summed E-state index contributed by atoms with van der Waals surface area (Å²) in [5.74, 6) is 0.755. The van der Waals surface area contributed by atoms with E-state index in [1.54, 1.807) is 11.3 Å². The number of urea groups is 1. The van der Waals surface area contributed by atoms with Crippen LogP contribution in [0.15, 0.2) is 52.3 Å². The molecule has 2 aromatic heterocycles. The second-order valence-corrected chi connectivity index (χ2v) is 6.48. The largest absolute Gasteiger partial charge is 0.459 e. The summed E-state index contributed by atoms with van der Waals surface area (Å²) in [6.45, 7) is 3.98. The number of furan rings is 1. The van der Waals surface area contributed by atoms with Gasteiger partial charge in [0.25, 0.3) is 0 Å². The Morgan fingerprint density at radius 2 is 2.04 bits per heavy atom. The number of hydrogen-bond acceptors (Lipinski definition) is 3. The van der Waals surface area contributed by atoms with Crippen LogP contribution in [0, 0.1) is 0 Å². The molecule has 2 amide bonds. The number of amides is 2. The minimum absolute atomic E-state index is 0.0397. The summed E-state index contributed by atoms with van der Waals surface area (Å²) in [6, 6.07) is 13.5. The molecule has 2 unspecified atom stereocenters. The molecule has 2 heterocycles. The molecule has 0 fully saturated rings. The molecule has 3 rings (SSSR count). The summed E-state index contributed by atoms with van der Waals surface area (Å²) in [4.78, 5) is 13.4. The molecule has 23 heavy (non-hydrogen) atoms.